The molecule has 1 amide bonds. The van der Waals surface area contributed by atoms with Gasteiger partial charge in [0.1, 0.15) is 0 Å². The second-order valence-corrected chi connectivity index (χ2v) is 11.7. The van der Waals surface area contributed by atoms with Crippen LogP contribution >= 0.6 is 0 Å². The van der Waals surface area contributed by atoms with Crippen LogP contribution in [-0.4, -0.2) is 62.7 Å². The number of hydrogen-bond acceptors (Lipinski definition) is 6. The molecule has 214 valence electrons. The number of fused-ring (bicyclic) bond motifs is 1. The Morgan fingerprint density at radius 1 is 0.881 bits per heavy atom. The smallest absolute Gasteiger partial charge is 0.261 e. The van der Waals surface area contributed by atoms with Gasteiger partial charge >= 0.3 is 0 Å². The number of rotatable bonds is 9. The molecule has 0 unspecified atom stereocenters. The van der Waals surface area contributed by atoms with Crippen LogP contribution in [0.5, 0.6) is 5.88 Å². The highest BCUT2D eigenvalue weighted by atomic mass is 32.2. The summed E-state index contributed by atoms with van der Waals surface area (Å²) in [5.41, 5.74) is 3.86. The number of nitrogens with one attached hydrogen (secondary N) is 2. The summed E-state index contributed by atoms with van der Waals surface area (Å²) < 4.78 is 29.1. The van der Waals surface area contributed by atoms with Gasteiger partial charge in [0.2, 0.25) is 5.91 Å². The number of hydrogen-bond donors (Lipinski definition) is 3. The average Bonchev–Trinajstić information content (AvgIpc) is 3.31. The molecular weight excluding hydrogens is 550 g/mol. The molecule has 0 aliphatic rings. The summed E-state index contributed by atoms with van der Waals surface area (Å²) in [4.78, 5) is 23.8. The van der Waals surface area contributed by atoms with Crippen LogP contribution in [0.4, 0.5) is 17.1 Å². The van der Waals surface area contributed by atoms with Crippen LogP contribution in [0.25, 0.3) is 10.9 Å². The summed E-state index contributed by atoms with van der Waals surface area (Å²) in [5, 5.41) is 11.6. The van der Waals surface area contributed by atoms with Crippen LogP contribution in [0.1, 0.15) is 11.1 Å². The summed E-state index contributed by atoms with van der Waals surface area (Å²) in [6.45, 7) is 0.285. The van der Waals surface area contributed by atoms with Crippen LogP contribution in [0.15, 0.2) is 113 Å². The maximum absolute atomic E-state index is 13.2. The molecule has 0 radical (unpaired) electrons. The number of carbonyl (C=O) groups excluding carboxylic acids is 1. The summed E-state index contributed by atoms with van der Waals surface area (Å²) in [6.07, 6.45) is 0. The van der Waals surface area contributed by atoms with Crippen molar-refractivity contribution >= 4 is 49.6 Å². The lowest BCUT2D eigenvalue weighted by Crippen LogP contribution is -2.34. The standard InChI is InChI=1S/C32H31N5O4S/c1-36(2)21-29(38)37(3)25-16-14-23(15-17-25)33-31(22-10-6-4-7-11-22)30-27-20-26(18-19-28(27)34-32(30)39)42(40,41)35-24-12-8-5-9-13-24/h4-20,34-35,39H,21H2,1-3H3. The van der Waals surface area contributed by atoms with E-state index in [4.69, 9.17) is 4.99 Å². The van der Waals surface area contributed by atoms with Crippen molar-refractivity contribution in [3.05, 3.63) is 114 Å². The van der Waals surface area contributed by atoms with Gasteiger partial charge in [0.05, 0.1) is 28.4 Å². The van der Waals surface area contributed by atoms with E-state index in [2.05, 4.69) is 9.71 Å². The number of benzene rings is 4. The maximum Gasteiger partial charge on any atom is 0.261 e. The van der Waals surface area contributed by atoms with Crippen molar-refractivity contribution in [2.24, 2.45) is 4.99 Å². The summed E-state index contributed by atoms with van der Waals surface area (Å²) in [5.74, 6) is -0.179. The van der Waals surface area contributed by atoms with Gasteiger partial charge < -0.3 is 19.9 Å². The van der Waals surface area contributed by atoms with E-state index in [1.165, 1.54) is 12.1 Å². The van der Waals surface area contributed by atoms with Gasteiger partial charge in [-0.15, -0.1) is 0 Å². The van der Waals surface area contributed by atoms with Gasteiger partial charge in [-0.3, -0.25) is 9.52 Å². The summed E-state index contributed by atoms with van der Waals surface area (Å²) in [7, 11) is 1.49. The van der Waals surface area contributed by atoms with Crippen molar-refractivity contribution in [2.45, 2.75) is 4.90 Å². The minimum atomic E-state index is -3.91. The van der Waals surface area contributed by atoms with Crippen molar-refractivity contribution in [3.63, 3.8) is 0 Å². The third-order valence-corrected chi connectivity index (χ3v) is 8.05. The number of aliphatic imine (C=N–C) groups is 1. The van der Waals surface area contributed by atoms with Crippen LogP contribution in [0.3, 0.4) is 0 Å². The molecule has 10 heteroatoms. The number of sulfonamides is 1. The Morgan fingerprint density at radius 2 is 1.52 bits per heavy atom. The second-order valence-electron chi connectivity index (χ2n) is 10.1. The number of nitrogens with zero attached hydrogens (tertiary/aromatic N) is 3. The number of para-hydroxylation sites is 1. The molecular formula is C32H31N5O4S. The molecule has 3 N–H and O–H groups in total. The third kappa shape index (κ3) is 6.19. The highest BCUT2D eigenvalue weighted by Gasteiger charge is 2.22. The number of anilines is 2. The third-order valence-electron chi connectivity index (χ3n) is 6.67. The van der Waals surface area contributed by atoms with Gasteiger partial charge in [-0.25, -0.2) is 13.4 Å². The van der Waals surface area contributed by atoms with E-state index in [-0.39, 0.29) is 23.2 Å². The largest absolute Gasteiger partial charge is 0.494 e. The first-order valence-corrected chi connectivity index (χ1v) is 14.7. The highest BCUT2D eigenvalue weighted by Crippen LogP contribution is 2.33. The molecule has 0 atom stereocenters. The fourth-order valence-electron chi connectivity index (χ4n) is 4.55. The van der Waals surface area contributed by atoms with E-state index in [0.29, 0.717) is 33.6 Å². The Labute approximate surface area is 244 Å². The molecule has 0 aliphatic heterocycles. The lowest BCUT2D eigenvalue weighted by molar-refractivity contribution is -0.118. The van der Waals surface area contributed by atoms with E-state index in [1.54, 1.807) is 60.5 Å². The zero-order valence-corrected chi connectivity index (χ0v) is 24.3. The molecule has 0 bridgehead atoms. The first-order valence-electron chi connectivity index (χ1n) is 13.2. The minimum absolute atomic E-state index is 0.0429. The molecule has 1 aromatic heterocycles. The zero-order chi connectivity index (χ0) is 29.9. The quantitative estimate of drug-likeness (QED) is 0.202. The molecule has 0 fully saturated rings. The predicted octanol–water partition coefficient (Wildman–Crippen LogP) is 5.37. The van der Waals surface area contributed by atoms with Crippen molar-refractivity contribution in [1.29, 1.82) is 0 Å². The Bertz CT molecular complexity index is 1850. The average molecular weight is 582 g/mol. The summed E-state index contributed by atoms with van der Waals surface area (Å²) in [6, 6.07) is 29.8. The van der Waals surface area contributed by atoms with Crippen LogP contribution < -0.4 is 9.62 Å². The molecule has 5 aromatic rings. The van der Waals surface area contributed by atoms with Crippen molar-refractivity contribution < 1.29 is 18.3 Å². The van der Waals surface area contributed by atoms with Gasteiger partial charge in [-0.05, 0) is 68.7 Å². The normalized spacial score (nSPS) is 12.0. The van der Waals surface area contributed by atoms with Crippen molar-refractivity contribution in [1.82, 2.24) is 9.88 Å². The van der Waals surface area contributed by atoms with Crippen molar-refractivity contribution in [2.75, 3.05) is 37.3 Å². The fourth-order valence-corrected chi connectivity index (χ4v) is 5.63. The number of aromatic nitrogens is 1. The Hall–Kier alpha value is -4.93. The molecule has 42 heavy (non-hydrogen) atoms. The SMILES string of the molecule is CN(C)CC(=O)N(C)c1ccc(N=C(c2ccccc2)c2c(O)[nH]c3ccc(S(=O)(=O)Nc4ccccc4)cc23)cc1. The predicted molar refractivity (Wildman–Crippen MR) is 167 cm³/mol. The topological polar surface area (TPSA) is 118 Å². The van der Waals surface area contributed by atoms with Crippen LogP contribution in [-0.2, 0) is 14.8 Å². The van der Waals surface area contributed by atoms with Gasteiger partial charge in [-0.2, -0.15) is 0 Å². The highest BCUT2D eigenvalue weighted by molar-refractivity contribution is 7.92. The van der Waals surface area contributed by atoms with Gasteiger partial charge in [-0.1, -0.05) is 48.5 Å². The van der Waals surface area contributed by atoms with Crippen molar-refractivity contribution in [3.8, 4) is 5.88 Å². The molecule has 1 heterocycles. The maximum atomic E-state index is 13.2. The van der Waals surface area contributed by atoms with E-state index in [9.17, 15) is 18.3 Å². The number of carbonyl (C=O) groups is 1. The lowest BCUT2D eigenvalue weighted by Gasteiger charge is -2.19. The van der Waals surface area contributed by atoms with Crippen LogP contribution in [0, 0.1) is 0 Å². The first-order chi connectivity index (χ1) is 20.1. The fraction of sp³-hybridized carbons (Fsp3) is 0.125. The van der Waals surface area contributed by atoms with Crippen LogP contribution in [0.2, 0.25) is 0 Å². The monoisotopic (exact) mass is 581 g/mol. The van der Waals surface area contributed by atoms with Gasteiger partial charge in [0.25, 0.3) is 10.0 Å². The number of aromatic amines is 1. The molecule has 0 aliphatic carbocycles. The number of amides is 1. The number of aromatic hydroxyl groups is 1. The first kappa shape index (κ1) is 28.6. The number of H-pyrrole nitrogens is 1. The van der Waals surface area contributed by atoms with Gasteiger partial charge in [0, 0.05) is 34.9 Å². The molecule has 0 saturated heterocycles. The van der Waals surface area contributed by atoms with E-state index in [0.717, 1.165) is 11.3 Å². The molecule has 4 aromatic carbocycles. The lowest BCUT2D eigenvalue weighted by atomic mass is 10.0. The van der Waals surface area contributed by atoms with E-state index >= 15 is 0 Å². The molecule has 9 nitrogen and oxygen atoms in total. The second kappa shape index (κ2) is 11.9. The summed E-state index contributed by atoms with van der Waals surface area (Å²) >= 11 is 0. The molecule has 0 spiro atoms. The molecule has 0 saturated carbocycles. The minimum Gasteiger partial charge on any atom is -0.494 e. The molecule has 5 rings (SSSR count). The zero-order valence-electron chi connectivity index (χ0n) is 23.4. The van der Waals surface area contributed by atoms with Gasteiger partial charge in [0.15, 0.2) is 5.88 Å². The van der Waals surface area contributed by atoms with E-state index < -0.39 is 10.0 Å². The Balaban J connectivity index is 1.58. The Kier molecular flexibility index (Phi) is 8.10. The number of likely N-dealkylation sites (N-methyl/N-ethyl adjacent to an activating group) is 2. The Morgan fingerprint density at radius 3 is 2.17 bits per heavy atom. The van der Waals surface area contributed by atoms with E-state index in [1.807, 2.05) is 61.5 Å².